The molecule has 0 amide bonds. The number of hydrogen-bond acceptors (Lipinski definition) is 3. The third kappa shape index (κ3) is 3.02. The van der Waals surface area contributed by atoms with Crippen molar-refractivity contribution in [3.8, 4) is 6.07 Å². The van der Waals surface area contributed by atoms with Gasteiger partial charge in [0.05, 0.1) is 12.5 Å². The number of anilines is 1. The highest BCUT2D eigenvalue weighted by molar-refractivity contribution is 5.49. The second kappa shape index (κ2) is 4.99. The highest BCUT2D eigenvalue weighted by Gasteiger charge is 2.31. The minimum Gasteiger partial charge on any atom is -0.368 e. The molecule has 0 bridgehead atoms. The third-order valence-electron chi connectivity index (χ3n) is 3.33. The van der Waals surface area contributed by atoms with Crippen molar-refractivity contribution < 1.29 is 0 Å². The summed E-state index contributed by atoms with van der Waals surface area (Å²) in [6.07, 6.45) is 0.561. The van der Waals surface area contributed by atoms with E-state index in [1.165, 1.54) is 11.3 Å². The average molecular weight is 243 g/mol. The number of hydrogen-bond donors (Lipinski definition) is 1. The van der Waals surface area contributed by atoms with E-state index >= 15 is 0 Å². The Labute approximate surface area is 109 Å². The molecule has 3 heteroatoms. The van der Waals surface area contributed by atoms with Crippen LogP contribution in [0.1, 0.15) is 25.8 Å². The summed E-state index contributed by atoms with van der Waals surface area (Å²) in [6, 6.07) is 11.1. The molecule has 0 radical (unpaired) electrons. The van der Waals surface area contributed by atoms with E-state index in [0.717, 1.165) is 13.1 Å². The fourth-order valence-electron chi connectivity index (χ4n) is 2.70. The number of nitriles is 1. The van der Waals surface area contributed by atoms with Crippen LogP contribution in [0, 0.1) is 18.3 Å². The summed E-state index contributed by atoms with van der Waals surface area (Å²) in [6.45, 7) is 8.38. The van der Waals surface area contributed by atoms with Crippen LogP contribution in [0.25, 0.3) is 0 Å². The van der Waals surface area contributed by atoms with E-state index in [1.807, 2.05) is 0 Å². The first-order valence-electron chi connectivity index (χ1n) is 6.46. The summed E-state index contributed by atoms with van der Waals surface area (Å²) in [5.41, 5.74) is 2.58. The molecule has 18 heavy (non-hydrogen) atoms. The van der Waals surface area contributed by atoms with E-state index in [2.05, 4.69) is 61.3 Å². The second-order valence-corrected chi connectivity index (χ2v) is 5.81. The van der Waals surface area contributed by atoms with Crippen LogP contribution in [0.5, 0.6) is 0 Å². The second-order valence-electron chi connectivity index (χ2n) is 5.81. The van der Waals surface area contributed by atoms with Crippen molar-refractivity contribution in [2.75, 3.05) is 18.0 Å². The average Bonchev–Trinajstić information content (AvgIpc) is 2.27. The molecule has 1 aliphatic rings. The van der Waals surface area contributed by atoms with Crippen molar-refractivity contribution in [1.29, 1.82) is 5.26 Å². The first kappa shape index (κ1) is 12.9. The van der Waals surface area contributed by atoms with Crippen molar-refractivity contribution in [3.63, 3.8) is 0 Å². The molecule has 1 fully saturated rings. The highest BCUT2D eigenvalue weighted by atomic mass is 15.2. The molecule has 1 heterocycles. The van der Waals surface area contributed by atoms with E-state index in [-0.39, 0.29) is 11.6 Å². The molecule has 1 unspecified atom stereocenters. The summed E-state index contributed by atoms with van der Waals surface area (Å²) in [7, 11) is 0. The number of piperazine rings is 1. The lowest BCUT2D eigenvalue weighted by molar-refractivity contribution is 0.291. The number of benzene rings is 1. The number of nitrogens with one attached hydrogen (secondary N) is 1. The van der Waals surface area contributed by atoms with Crippen molar-refractivity contribution in [2.24, 2.45) is 0 Å². The predicted molar refractivity (Wildman–Crippen MR) is 74.6 cm³/mol. The molecule has 0 spiro atoms. The summed E-state index contributed by atoms with van der Waals surface area (Å²) >= 11 is 0. The van der Waals surface area contributed by atoms with Gasteiger partial charge in [-0.2, -0.15) is 5.26 Å². The highest BCUT2D eigenvalue weighted by Crippen LogP contribution is 2.23. The summed E-state index contributed by atoms with van der Waals surface area (Å²) in [5, 5.41) is 12.4. The number of rotatable bonds is 2. The Balaban J connectivity index is 2.20. The van der Waals surface area contributed by atoms with E-state index in [0.29, 0.717) is 6.42 Å². The molecule has 3 nitrogen and oxygen atoms in total. The van der Waals surface area contributed by atoms with Gasteiger partial charge in [0.25, 0.3) is 0 Å². The van der Waals surface area contributed by atoms with Gasteiger partial charge >= 0.3 is 0 Å². The van der Waals surface area contributed by atoms with Crippen LogP contribution in [-0.2, 0) is 0 Å². The lowest BCUT2D eigenvalue weighted by Crippen LogP contribution is -2.62. The lowest BCUT2D eigenvalue weighted by Gasteiger charge is -2.44. The fraction of sp³-hybridized carbons (Fsp3) is 0.533. The van der Waals surface area contributed by atoms with Crippen molar-refractivity contribution in [1.82, 2.24) is 5.32 Å². The Morgan fingerprint density at radius 3 is 2.94 bits per heavy atom. The molecule has 1 aliphatic heterocycles. The topological polar surface area (TPSA) is 39.1 Å². The van der Waals surface area contributed by atoms with E-state index < -0.39 is 0 Å². The maximum absolute atomic E-state index is 8.88. The van der Waals surface area contributed by atoms with Gasteiger partial charge in [-0.1, -0.05) is 12.1 Å². The van der Waals surface area contributed by atoms with Crippen LogP contribution in [0.15, 0.2) is 24.3 Å². The molecular formula is C15H21N3. The van der Waals surface area contributed by atoms with Crippen LogP contribution in [0.3, 0.4) is 0 Å². The Hall–Kier alpha value is -1.53. The SMILES string of the molecule is Cc1cccc(N2CC(CC#N)NC(C)(C)C2)c1. The minimum absolute atomic E-state index is 0.0452. The van der Waals surface area contributed by atoms with Crippen LogP contribution in [0.2, 0.25) is 0 Å². The van der Waals surface area contributed by atoms with Crippen LogP contribution in [-0.4, -0.2) is 24.7 Å². The lowest BCUT2D eigenvalue weighted by atomic mass is 9.96. The van der Waals surface area contributed by atoms with Crippen LogP contribution in [0.4, 0.5) is 5.69 Å². The molecule has 96 valence electrons. The largest absolute Gasteiger partial charge is 0.368 e. The first-order valence-corrected chi connectivity index (χ1v) is 6.46. The third-order valence-corrected chi connectivity index (χ3v) is 3.33. The fourth-order valence-corrected chi connectivity index (χ4v) is 2.70. The molecule has 1 saturated heterocycles. The quantitative estimate of drug-likeness (QED) is 0.867. The standard InChI is InChI=1S/C15H21N3/c1-12-5-4-6-14(9-12)18-10-13(7-8-16)17-15(2,3)11-18/h4-6,9,13,17H,7,10-11H2,1-3H3. The van der Waals surface area contributed by atoms with E-state index in [1.54, 1.807) is 0 Å². The van der Waals surface area contributed by atoms with Crippen molar-refractivity contribution >= 4 is 5.69 Å². The summed E-state index contributed by atoms with van der Waals surface area (Å²) in [4.78, 5) is 2.38. The molecule has 1 aromatic rings. The molecule has 1 N–H and O–H groups in total. The van der Waals surface area contributed by atoms with Crippen LogP contribution >= 0.6 is 0 Å². The van der Waals surface area contributed by atoms with Gasteiger partial charge in [-0.25, -0.2) is 0 Å². The summed E-state index contributed by atoms with van der Waals surface area (Å²) < 4.78 is 0. The summed E-state index contributed by atoms with van der Waals surface area (Å²) in [5.74, 6) is 0. The number of aryl methyl sites for hydroxylation is 1. The van der Waals surface area contributed by atoms with E-state index in [9.17, 15) is 0 Å². The molecule has 1 aromatic carbocycles. The van der Waals surface area contributed by atoms with Gasteiger partial charge in [-0.05, 0) is 38.5 Å². The maximum Gasteiger partial charge on any atom is 0.0638 e. The molecule has 0 aromatic heterocycles. The van der Waals surface area contributed by atoms with Gasteiger partial charge in [0, 0.05) is 30.4 Å². The smallest absolute Gasteiger partial charge is 0.0638 e. The van der Waals surface area contributed by atoms with Gasteiger partial charge in [-0.15, -0.1) is 0 Å². The van der Waals surface area contributed by atoms with Gasteiger partial charge < -0.3 is 10.2 Å². The first-order chi connectivity index (χ1) is 8.50. The monoisotopic (exact) mass is 243 g/mol. The molecular weight excluding hydrogens is 222 g/mol. The predicted octanol–water partition coefficient (Wildman–Crippen LogP) is 2.47. The zero-order valence-electron chi connectivity index (χ0n) is 11.4. The van der Waals surface area contributed by atoms with Crippen LogP contribution < -0.4 is 10.2 Å². The van der Waals surface area contributed by atoms with Gasteiger partial charge in [0.1, 0.15) is 0 Å². The van der Waals surface area contributed by atoms with Crippen molar-refractivity contribution in [3.05, 3.63) is 29.8 Å². The molecule has 1 atom stereocenters. The zero-order chi connectivity index (χ0) is 13.2. The zero-order valence-corrected chi connectivity index (χ0v) is 11.4. The van der Waals surface area contributed by atoms with Crippen molar-refractivity contribution in [2.45, 2.75) is 38.8 Å². The molecule has 0 aliphatic carbocycles. The maximum atomic E-state index is 8.88. The number of nitrogens with zero attached hydrogens (tertiary/aromatic N) is 2. The Kier molecular flexibility index (Phi) is 3.58. The Bertz CT molecular complexity index is 459. The van der Waals surface area contributed by atoms with Gasteiger partial charge in [-0.3, -0.25) is 0 Å². The molecule has 2 rings (SSSR count). The minimum atomic E-state index is 0.0452. The Morgan fingerprint density at radius 1 is 1.50 bits per heavy atom. The molecule has 0 saturated carbocycles. The van der Waals surface area contributed by atoms with Gasteiger partial charge in [0.2, 0.25) is 0 Å². The van der Waals surface area contributed by atoms with E-state index in [4.69, 9.17) is 5.26 Å². The van der Waals surface area contributed by atoms with Gasteiger partial charge in [0.15, 0.2) is 0 Å². The Morgan fingerprint density at radius 2 is 2.28 bits per heavy atom. The normalized spacial score (nSPS) is 22.6.